The number of thiazole rings is 1. The molecule has 2 aromatic rings. The average molecular weight is 247 g/mol. The zero-order valence-electron chi connectivity index (χ0n) is 9.42. The smallest absolute Gasteiger partial charge is 0.141 e. The molecule has 3 N–H and O–H groups in total. The molecule has 0 spiro atoms. The molecule has 0 saturated heterocycles. The van der Waals surface area contributed by atoms with Crippen LogP contribution in [0.5, 0.6) is 0 Å². The van der Waals surface area contributed by atoms with Gasteiger partial charge in [0.2, 0.25) is 0 Å². The first kappa shape index (κ1) is 11.5. The number of anilines is 1. The van der Waals surface area contributed by atoms with Gasteiger partial charge in [0.05, 0.1) is 17.7 Å². The number of rotatable bonds is 4. The van der Waals surface area contributed by atoms with Crippen LogP contribution in [-0.4, -0.2) is 22.9 Å². The Kier molecular flexibility index (Phi) is 3.34. The Hall–Kier alpha value is -1.95. The van der Waals surface area contributed by atoms with Crippen LogP contribution in [0.15, 0.2) is 29.2 Å². The predicted molar refractivity (Wildman–Crippen MR) is 69.5 cm³/mol. The molecular formula is C11H13N5S. The fraction of sp³-hybridized carbons (Fsp3) is 0.182. The van der Waals surface area contributed by atoms with E-state index in [9.17, 15) is 0 Å². The zero-order chi connectivity index (χ0) is 12.3. The van der Waals surface area contributed by atoms with Gasteiger partial charge in [-0.2, -0.15) is 0 Å². The van der Waals surface area contributed by atoms with Crippen LogP contribution >= 0.6 is 11.3 Å². The molecule has 6 heteroatoms. The number of aromatic nitrogens is 2. The van der Waals surface area contributed by atoms with Gasteiger partial charge in [-0.1, -0.05) is 0 Å². The molecule has 0 fully saturated rings. The summed E-state index contributed by atoms with van der Waals surface area (Å²) in [6.45, 7) is 0.727. The Morgan fingerprint density at radius 2 is 2.35 bits per heavy atom. The number of pyridine rings is 1. The zero-order valence-corrected chi connectivity index (χ0v) is 10.2. The van der Waals surface area contributed by atoms with E-state index in [4.69, 9.17) is 11.1 Å². The monoisotopic (exact) mass is 247 g/mol. The van der Waals surface area contributed by atoms with E-state index in [2.05, 4.69) is 9.97 Å². The number of nitrogen functional groups attached to an aromatic ring is 1. The first-order valence-electron chi connectivity index (χ1n) is 5.05. The second-order valence-corrected chi connectivity index (χ2v) is 4.37. The predicted octanol–water partition coefficient (Wildman–Crippen LogP) is 1.46. The van der Waals surface area contributed by atoms with Crippen LogP contribution in [0.4, 0.5) is 5.69 Å². The summed E-state index contributed by atoms with van der Waals surface area (Å²) in [5.41, 5.74) is 9.72. The highest BCUT2D eigenvalue weighted by molar-refractivity contribution is 7.07. The second-order valence-electron chi connectivity index (χ2n) is 3.65. The minimum atomic E-state index is -0.0195. The Morgan fingerprint density at radius 1 is 1.53 bits per heavy atom. The molecule has 0 atom stereocenters. The Morgan fingerprint density at radius 3 is 3.00 bits per heavy atom. The van der Waals surface area contributed by atoms with Crippen molar-refractivity contribution < 1.29 is 0 Å². The van der Waals surface area contributed by atoms with Crippen molar-refractivity contribution in [2.45, 2.75) is 6.54 Å². The third-order valence-electron chi connectivity index (χ3n) is 2.34. The summed E-state index contributed by atoms with van der Waals surface area (Å²) < 4.78 is 0. The molecule has 0 aliphatic rings. The summed E-state index contributed by atoms with van der Waals surface area (Å²) >= 11 is 1.58. The van der Waals surface area contributed by atoms with Gasteiger partial charge in [-0.15, -0.1) is 11.3 Å². The van der Waals surface area contributed by atoms with Gasteiger partial charge in [-0.05, 0) is 12.1 Å². The topological polar surface area (TPSA) is 78.9 Å². The van der Waals surface area contributed by atoms with E-state index in [1.54, 1.807) is 23.6 Å². The molecule has 17 heavy (non-hydrogen) atoms. The molecule has 0 aliphatic heterocycles. The van der Waals surface area contributed by atoms with E-state index in [-0.39, 0.29) is 5.84 Å². The largest absolute Gasteiger partial charge is 0.382 e. The highest BCUT2D eigenvalue weighted by atomic mass is 32.1. The lowest BCUT2D eigenvalue weighted by atomic mass is 10.2. The molecule has 5 nitrogen and oxygen atoms in total. The third-order valence-corrected chi connectivity index (χ3v) is 2.98. The molecule has 2 heterocycles. The van der Waals surface area contributed by atoms with E-state index >= 15 is 0 Å². The van der Waals surface area contributed by atoms with Gasteiger partial charge < -0.3 is 10.6 Å². The quantitative estimate of drug-likeness (QED) is 0.633. The first-order valence-corrected chi connectivity index (χ1v) is 6.00. The van der Waals surface area contributed by atoms with Crippen molar-refractivity contribution in [3.05, 3.63) is 40.6 Å². The third kappa shape index (κ3) is 2.79. The second kappa shape index (κ2) is 4.92. The van der Waals surface area contributed by atoms with Crippen molar-refractivity contribution in [2.75, 3.05) is 11.9 Å². The van der Waals surface area contributed by atoms with E-state index in [1.807, 2.05) is 28.9 Å². The fourth-order valence-corrected chi connectivity index (χ4v) is 2.00. The highest BCUT2D eigenvalue weighted by Crippen LogP contribution is 2.15. The Bertz CT molecular complexity index is 508. The lowest BCUT2D eigenvalue weighted by molar-refractivity contribution is 0.892. The van der Waals surface area contributed by atoms with Crippen LogP contribution in [0.2, 0.25) is 0 Å². The molecule has 0 unspecified atom stereocenters. The Balaban J connectivity index is 2.16. The standard InChI is InChI=1S/C11H13N5S/c1-16(5-8-6-17-7-15-8)9-2-3-14-10(4-9)11(12)13/h2-4,6-7H,5H2,1H3,(H3,12,13). The van der Waals surface area contributed by atoms with Crippen molar-refractivity contribution >= 4 is 22.9 Å². The normalized spacial score (nSPS) is 10.2. The maximum absolute atomic E-state index is 7.36. The summed E-state index contributed by atoms with van der Waals surface area (Å²) in [5.74, 6) is -0.0195. The van der Waals surface area contributed by atoms with E-state index in [0.717, 1.165) is 17.9 Å². The highest BCUT2D eigenvalue weighted by Gasteiger charge is 2.06. The number of nitrogens with zero attached hydrogens (tertiary/aromatic N) is 3. The van der Waals surface area contributed by atoms with Gasteiger partial charge in [-0.3, -0.25) is 10.4 Å². The number of hydrogen-bond acceptors (Lipinski definition) is 5. The minimum absolute atomic E-state index is 0.0195. The fourth-order valence-electron chi connectivity index (χ4n) is 1.45. The maximum Gasteiger partial charge on any atom is 0.141 e. The Labute approximate surface area is 103 Å². The summed E-state index contributed by atoms with van der Waals surface area (Å²) in [5, 5.41) is 9.37. The maximum atomic E-state index is 7.36. The number of amidine groups is 1. The minimum Gasteiger partial charge on any atom is -0.382 e. The summed E-state index contributed by atoms with van der Waals surface area (Å²) in [4.78, 5) is 10.3. The van der Waals surface area contributed by atoms with Crippen molar-refractivity contribution in [1.29, 1.82) is 5.41 Å². The van der Waals surface area contributed by atoms with E-state index in [1.165, 1.54) is 0 Å². The molecule has 2 aromatic heterocycles. The van der Waals surface area contributed by atoms with E-state index < -0.39 is 0 Å². The lowest BCUT2D eigenvalue weighted by Crippen LogP contribution is -2.19. The molecule has 0 amide bonds. The summed E-state index contributed by atoms with van der Waals surface area (Å²) in [6, 6.07) is 3.69. The first-order chi connectivity index (χ1) is 8.16. The van der Waals surface area contributed by atoms with Crippen LogP contribution in [0, 0.1) is 5.41 Å². The van der Waals surface area contributed by atoms with Gasteiger partial charge in [0.25, 0.3) is 0 Å². The van der Waals surface area contributed by atoms with Gasteiger partial charge in [0, 0.05) is 24.3 Å². The molecule has 0 bridgehead atoms. The van der Waals surface area contributed by atoms with Crippen LogP contribution in [-0.2, 0) is 6.54 Å². The molecule has 2 rings (SSSR count). The SMILES string of the molecule is CN(Cc1cscn1)c1ccnc(C(=N)N)c1. The molecule has 88 valence electrons. The van der Waals surface area contributed by atoms with Crippen molar-refractivity contribution in [1.82, 2.24) is 9.97 Å². The van der Waals surface area contributed by atoms with Gasteiger partial charge in [-0.25, -0.2) is 4.98 Å². The number of nitrogens with two attached hydrogens (primary N) is 1. The molecular weight excluding hydrogens is 234 g/mol. The van der Waals surface area contributed by atoms with Crippen molar-refractivity contribution in [2.24, 2.45) is 5.73 Å². The molecule has 0 radical (unpaired) electrons. The number of nitrogens with one attached hydrogen (secondary N) is 1. The van der Waals surface area contributed by atoms with Crippen molar-refractivity contribution in [3.63, 3.8) is 0 Å². The van der Waals surface area contributed by atoms with Gasteiger partial charge >= 0.3 is 0 Å². The lowest BCUT2D eigenvalue weighted by Gasteiger charge is -2.18. The van der Waals surface area contributed by atoms with Crippen LogP contribution in [0.25, 0.3) is 0 Å². The van der Waals surface area contributed by atoms with E-state index in [0.29, 0.717) is 5.69 Å². The summed E-state index contributed by atoms with van der Waals surface area (Å²) in [6.07, 6.45) is 1.66. The molecule has 0 aromatic carbocycles. The van der Waals surface area contributed by atoms with Crippen LogP contribution in [0.1, 0.15) is 11.4 Å². The average Bonchev–Trinajstić information content (AvgIpc) is 2.82. The van der Waals surface area contributed by atoms with Crippen molar-refractivity contribution in [3.8, 4) is 0 Å². The summed E-state index contributed by atoms with van der Waals surface area (Å²) in [7, 11) is 1.97. The molecule has 0 saturated carbocycles. The van der Waals surface area contributed by atoms with Gasteiger partial charge in [0.1, 0.15) is 11.5 Å². The van der Waals surface area contributed by atoms with Gasteiger partial charge in [0.15, 0.2) is 0 Å². The van der Waals surface area contributed by atoms with Crippen LogP contribution < -0.4 is 10.6 Å². The van der Waals surface area contributed by atoms with Crippen LogP contribution in [0.3, 0.4) is 0 Å². The molecule has 0 aliphatic carbocycles. The number of hydrogen-bond donors (Lipinski definition) is 2.